The van der Waals surface area contributed by atoms with Crippen LogP contribution < -0.4 is 5.43 Å². The Morgan fingerprint density at radius 3 is 2.54 bits per heavy atom. The maximum Gasteiger partial charge on any atom is 0.244 e. The zero-order chi connectivity index (χ0) is 16.9. The van der Waals surface area contributed by atoms with E-state index < -0.39 is 0 Å². The molecule has 0 aliphatic rings. The van der Waals surface area contributed by atoms with E-state index in [1.807, 2.05) is 36.4 Å². The number of halogens is 2. The molecule has 0 heterocycles. The minimum Gasteiger partial charge on any atom is -0.273 e. The molecule has 120 valence electrons. The van der Waals surface area contributed by atoms with E-state index in [0.29, 0.717) is 5.56 Å². The standard InChI is InChI=1S/C19H14BrFN2O/c20-17-10-9-13(15-6-2-3-7-16(15)17)11-19(24)23-22-12-14-5-1-4-8-18(14)21/h1-10,12H,11H2,(H,23,24)/b22-12-. The predicted octanol–water partition coefficient (Wildman–Crippen LogP) is 4.43. The van der Waals surface area contributed by atoms with Gasteiger partial charge < -0.3 is 0 Å². The second-order valence-corrected chi connectivity index (χ2v) is 6.10. The molecule has 0 spiro atoms. The summed E-state index contributed by atoms with van der Waals surface area (Å²) in [6.45, 7) is 0. The summed E-state index contributed by atoms with van der Waals surface area (Å²) in [5.41, 5.74) is 3.67. The van der Waals surface area contributed by atoms with Crippen LogP contribution in [-0.4, -0.2) is 12.1 Å². The van der Waals surface area contributed by atoms with Crippen LogP contribution in [-0.2, 0) is 11.2 Å². The van der Waals surface area contributed by atoms with Gasteiger partial charge in [0.05, 0.1) is 12.6 Å². The number of carbonyl (C=O) groups is 1. The highest BCUT2D eigenvalue weighted by Crippen LogP contribution is 2.27. The maximum atomic E-state index is 13.5. The summed E-state index contributed by atoms with van der Waals surface area (Å²) < 4.78 is 14.5. The molecule has 3 nitrogen and oxygen atoms in total. The number of rotatable bonds is 4. The monoisotopic (exact) mass is 384 g/mol. The molecule has 0 atom stereocenters. The predicted molar refractivity (Wildman–Crippen MR) is 97.5 cm³/mol. The van der Waals surface area contributed by atoms with Gasteiger partial charge >= 0.3 is 0 Å². The first-order valence-corrected chi connectivity index (χ1v) is 8.17. The molecular weight excluding hydrogens is 371 g/mol. The zero-order valence-corrected chi connectivity index (χ0v) is 14.3. The van der Waals surface area contributed by atoms with Crippen LogP contribution in [0.4, 0.5) is 4.39 Å². The molecule has 1 amide bonds. The topological polar surface area (TPSA) is 41.5 Å². The molecule has 0 aliphatic carbocycles. The highest BCUT2D eigenvalue weighted by Gasteiger charge is 2.08. The summed E-state index contributed by atoms with van der Waals surface area (Å²) >= 11 is 3.51. The number of benzene rings is 3. The molecule has 0 unspecified atom stereocenters. The fraction of sp³-hybridized carbons (Fsp3) is 0.0526. The van der Waals surface area contributed by atoms with Crippen molar-refractivity contribution in [2.75, 3.05) is 0 Å². The van der Waals surface area contributed by atoms with Crippen LogP contribution in [0.1, 0.15) is 11.1 Å². The van der Waals surface area contributed by atoms with Crippen LogP contribution in [0, 0.1) is 5.82 Å². The molecule has 0 fully saturated rings. The van der Waals surface area contributed by atoms with Crippen molar-refractivity contribution in [2.24, 2.45) is 5.10 Å². The molecule has 5 heteroatoms. The summed E-state index contributed by atoms with van der Waals surface area (Å²) in [5.74, 6) is -0.635. The number of fused-ring (bicyclic) bond motifs is 1. The van der Waals surface area contributed by atoms with Crippen LogP contribution in [0.5, 0.6) is 0 Å². The fourth-order valence-electron chi connectivity index (χ4n) is 2.44. The largest absolute Gasteiger partial charge is 0.273 e. The number of hydrazone groups is 1. The molecule has 24 heavy (non-hydrogen) atoms. The van der Waals surface area contributed by atoms with Gasteiger partial charge in [0.25, 0.3) is 0 Å². The highest BCUT2D eigenvalue weighted by atomic mass is 79.9. The van der Waals surface area contributed by atoms with E-state index in [4.69, 9.17) is 0 Å². The lowest BCUT2D eigenvalue weighted by atomic mass is 10.0. The van der Waals surface area contributed by atoms with Crippen LogP contribution in [0.15, 0.2) is 70.2 Å². The van der Waals surface area contributed by atoms with E-state index in [-0.39, 0.29) is 18.1 Å². The van der Waals surface area contributed by atoms with Gasteiger partial charge in [-0.3, -0.25) is 4.79 Å². The van der Waals surface area contributed by atoms with Crippen molar-refractivity contribution >= 4 is 38.8 Å². The van der Waals surface area contributed by atoms with Crippen molar-refractivity contribution in [3.05, 3.63) is 82.1 Å². The molecule has 0 saturated heterocycles. The second-order valence-electron chi connectivity index (χ2n) is 5.24. The third kappa shape index (κ3) is 3.68. The Kier molecular flexibility index (Phi) is 5.01. The summed E-state index contributed by atoms with van der Waals surface area (Å²) in [6, 6.07) is 17.9. The van der Waals surface area contributed by atoms with Crippen molar-refractivity contribution < 1.29 is 9.18 Å². The lowest BCUT2D eigenvalue weighted by molar-refractivity contribution is -0.120. The average molecular weight is 385 g/mol. The van der Waals surface area contributed by atoms with E-state index >= 15 is 0 Å². The molecule has 0 aliphatic heterocycles. The molecule has 3 aromatic rings. The number of nitrogens with one attached hydrogen (secondary N) is 1. The molecular formula is C19H14BrFN2O. The molecule has 3 aromatic carbocycles. The number of hydrogen-bond donors (Lipinski definition) is 1. The SMILES string of the molecule is O=C(Cc1ccc(Br)c2ccccc12)N/N=C\c1ccccc1F. The second kappa shape index (κ2) is 7.36. The first kappa shape index (κ1) is 16.3. The molecule has 3 rings (SSSR count). The minimum atomic E-state index is -0.380. The Morgan fingerprint density at radius 1 is 1.04 bits per heavy atom. The Morgan fingerprint density at radius 2 is 1.75 bits per heavy atom. The lowest BCUT2D eigenvalue weighted by Gasteiger charge is -2.07. The van der Waals surface area contributed by atoms with Gasteiger partial charge in [-0.1, -0.05) is 64.5 Å². The summed E-state index contributed by atoms with van der Waals surface area (Å²) in [4.78, 5) is 12.1. The van der Waals surface area contributed by atoms with Crippen molar-refractivity contribution in [3.8, 4) is 0 Å². The summed E-state index contributed by atoms with van der Waals surface area (Å²) in [5, 5.41) is 5.89. The summed E-state index contributed by atoms with van der Waals surface area (Å²) in [6.07, 6.45) is 1.50. The van der Waals surface area contributed by atoms with E-state index in [1.165, 1.54) is 12.3 Å². The van der Waals surface area contributed by atoms with Gasteiger partial charge in [-0.2, -0.15) is 5.10 Å². The normalized spacial score (nSPS) is 11.1. The molecule has 1 N–H and O–H groups in total. The molecule has 0 bridgehead atoms. The van der Waals surface area contributed by atoms with Crippen molar-refractivity contribution in [3.63, 3.8) is 0 Å². The first-order valence-electron chi connectivity index (χ1n) is 7.38. The third-order valence-corrected chi connectivity index (χ3v) is 4.30. The number of nitrogens with zero attached hydrogens (tertiary/aromatic N) is 1. The highest BCUT2D eigenvalue weighted by molar-refractivity contribution is 9.10. The third-order valence-electron chi connectivity index (χ3n) is 3.61. The lowest BCUT2D eigenvalue weighted by Crippen LogP contribution is -2.20. The molecule has 0 saturated carbocycles. The van der Waals surface area contributed by atoms with Gasteiger partial charge in [-0.25, -0.2) is 9.82 Å². The maximum absolute atomic E-state index is 13.5. The van der Waals surface area contributed by atoms with Crippen molar-refractivity contribution in [1.29, 1.82) is 0 Å². The minimum absolute atomic E-state index is 0.197. The Hall–Kier alpha value is -2.53. The fourth-order valence-corrected chi connectivity index (χ4v) is 2.92. The van der Waals surface area contributed by atoms with Gasteiger partial charge in [0.1, 0.15) is 5.82 Å². The quantitative estimate of drug-likeness (QED) is 0.524. The van der Waals surface area contributed by atoms with Gasteiger partial charge in [0.2, 0.25) is 5.91 Å². The van der Waals surface area contributed by atoms with Crippen molar-refractivity contribution in [1.82, 2.24) is 5.43 Å². The number of hydrogen-bond acceptors (Lipinski definition) is 2. The zero-order valence-electron chi connectivity index (χ0n) is 12.7. The van der Waals surface area contributed by atoms with E-state index in [2.05, 4.69) is 26.5 Å². The van der Waals surface area contributed by atoms with E-state index in [0.717, 1.165) is 20.8 Å². The van der Waals surface area contributed by atoms with Crippen molar-refractivity contribution in [2.45, 2.75) is 6.42 Å². The van der Waals surface area contributed by atoms with Crippen LogP contribution in [0.3, 0.4) is 0 Å². The van der Waals surface area contributed by atoms with Crippen LogP contribution in [0.25, 0.3) is 10.8 Å². The van der Waals surface area contributed by atoms with Gasteiger partial charge in [0.15, 0.2) is 0 Å². The van der Waals surface area contributed by atoms with E-state index in [1.54, 1.807) is 18.2 Å². The number of amides is 1. The van der Waals surface area contributed by atoms with Crippen LogP contribution in [0.2, 0.25) is 0 Å². The van der Waals surface area contributed by atoms with Crippen LogP contribution >= 0.6 is 15.9 Å². The Balaban J connectivity index is 1.72. The molecule has 0 aromatic heterocycles. The Labute approximate surface area is 147 Å². The smallest absolute Gasteiger partial charge is 0.244 e. The molecule has 0 radical (unpaired) electrons. The Bertz CT molecular complexity index is 924. The summed E-state index contributed by atoms with van der Waals surface area (Å²) in [7, 11) is 0. The first-order chi connectivity index (χ1) is 11.6. The van der Waals surface area contributed by atoms with E-state index in [9.17, 15) is 9.18 Å². The average Bonchev–Trinajstić information content (AvgIpc) is 2.59. The van der Waals surface area contributed by atoms with Gasteiger partial charge in [-0.05, 0) is 28.5 Å². The number of carbonyl (C=O) groups excluding carboxylic acids is 1. The van der Waals surface area contributed by atoms with Gasteiger partial charge in [0, 0.05) is 10.0 Å². The van der Waals surface area contributed by atoms with Gasteiger partial charge in [-0.15, -0.1) is 0 Å².